The smallest absolute Gasteiger partial charge is 0.259 e. The number of nitrogens with zero attached hydrogens (tertiary/aromatic N) is 2. The van der Waals surface area contributed by atoms with Gasteiger partial charge in [-0.05, 0) is 19.8 Å². The van der Waals surface area contributed by atoms with Gasteiger partial charge in [0.1, 0.15) is 11.3 Å². The summed E-state index contributed by atoms with van der Waals surface area (Å²) >= 11 is 5.97. The number of carbonyl (C=O) groups is 1. The number of hydrogen-bond donors (Lipinski definition) is 0. The predicted molar refractivity (Wildman–Crippen MR) is 56.0 cm³/mol. The predicted octanol–water partition coefficient (Wildman–Crippen LogP) is 1.83. The van der Waals surface area contributed by atoms with Gasteiger partial charge in [-0.1, -0.05) is 5.16 Å². The van der Waals surface area contributed by atoms with Crippen LogP contribution in [0.2, 0.25) is 0 Å². The fourth-order valence-electron chi connectivity index (χ4n) is 1.73. The average Bonchev–Trinajstić information content (AvgIpc) is 2.65. The fourth-order valence-corrected chi connectivity index (χ4v) is 1.92. The monoisotopic (exact) mass is 228 g/mol. The van der Waals surface area contributed by atoms with Crippen molar-refractivity contribution in [2.45, 2.75) is 25.1 Å². The highest BCUT2D eigenvalue weighted by Gasteiger charge is 2.24. The standard InChI is InChI=1S/C10H13ClN2O2/c1-7-9(6-12-15-7)10(14)13-4-2-8(11)3-5-13/h6,8H,2-5H2,1H3. The number of rotatable bonds is 1. The molecule has 1 aliphatic rings. The van der Waals surface area contributed by atoms with Crippen molar-refractivity contribution in [3.8, 4) is 0 Å². The van der Waals surface area contributed by atoms with Crippen LogP contribution >= 0.6 is 11.6 Å². The number of aromatic nitrogens is 1. The summed E-state index contributed by atoms with van der Waals surface area (Å²) < 4.78 is 4.87. The van der Waals surface area contributed by atoms with E-state index in [4.69, 9.17) is 16.1 Å². The Bertz CT molecular complexity index is 356. The van der Waals surface area contributed by atoms with Crippen LogP contribution in [0.25, 0.3) is 0 Å². The Balaban J connectivity index is 2.06. The van der Waals surface area contributed by atoms with Gasteiger partial charge >= 0.3 is 0 Å². The van der Waals surface area contributed by atoms with E-state index in [1.54, 1.807) is 11.8 Å². The first-order chi connectivity index (χ1) is 7.18. The summed E-state index contributed by atoms with van der Waals surface area (Å²) in [4.78, 5) is 13.8. The normalized spacial score (nSPS) is 18.1. The van der Waals surface area contributed by atoms with Crippen LogP contribution in [0.4, 0.5) is 0 Å². The average molecular weight is 229 g/mol. The molecule has 82 valence electrons. The van der Waals surface area contributed by atoms with Crippen LogP contribution in [0.5, 0.6) is 0 Å². The number of halogens is 1. The van der Waals surface area contributed by atoms with Gasteiger partial charge in [0, 0.05) is 18.5 Å². The molecule has 1 aliphatic heterocycles. The molecule has 0 bridgehead atoms. The summed E-state index contributed by atoms with van der Waals surface area (Å²) in [6.45, 7) is 3.18. The molecule has 2 rings (SSSR count). The van der Waals surface area contributed by atoms with Crippen molar-refractivity contribution in [1.82, 2.24) is 10.1 Å². The Kier molecular flexibility index (Phi) is 2.95. The zero-order valence-electron chi connectivity index (χ0n) is 8.57. The van der Waals surface area contributed by atoms with E-state index >= 15 is 0 Å². The molecule has 0 unspecified atom stereocenters. The number of aryl methyl sites for hydroxylation is 1. The lowest BCUT2D eigenvalue weighted by atomic mass is 10.1. The van der Waals surface area contributed by atoms with Gasteiger partial charge in [-0.3, -0.25) is 4.79 Å². The topological polar surface area (TPSA) is 46.3 Å². The van der Waals surface area contributed by atoms with Gasteiger partial charge in [0.15, 0.2) is 0 Å². The lowest BCUT2D eigenvalue weighted by Crippen LogP contribution is -2.38. The Morgan fingerprint density at radius 1 is 1.60 bits per heavy atom. The fraction of sp³-hybridized carbons (Fsp3) is 0.600. The third-order valence-electron chi connectivity index (χ3n) is 2.69. The molecule has 0 N–H and O–H groups in total. The van der Waals surface area contributed by atoms with Gasteiger partial charge < -0.3 is 9.42 Å². The second kappa shape index (κ2) is 4.23. The van der Waals surface area contributed by atoms with Crippen LogP contribution in [0, 0.1) is 6.92 Å². The Morgan fingerprint density at radius 2 is 2.27 bits per heavy atom. The van der Waals surface area contributed by atoms with E-state index in [1.165, 1.54) is 6.20 Å². The number of hydrogen-bond acceptors (Lipinski definition) is 3. The summed E-state index contributed by atoms with van der Waals surface area (Å²) in [5, 5.41) is 3.81. The number of likely N-dealkylation sites (tertiary alicyclic amines) is 1. The Labute approximate surface area is 93.2 Å². The van der Waals surface area contributed by atoms with Crippen LogP contribution < -0.4 is 0 Å². The lowest BCUT2D eigenvalue weighted by molar-refractivity contribution is 0.0724. The molecule has 0 atom stereocenters. The molecule has 0 aliphatic carbocycles. The number of amides is 1. The van der Waals surface area contributed by atoms with Gasteiger partial charge in [0.2, 0.25) is 0 Å². The van der Waals surface area contributed by atoms with Gasteiger partial charge in [0.25, 0.3) is 5.91 Å². The largest absolute Gasteiger partial charge is 0.361 e. The first kappa shape index (κ1) is 10.5. The summed E-state index contributed by atoms with van der Waals surface area (Å²) in [7, 11) is 0. The van der Waals surface area contributed by atoms with Gasteiger partial charge in [-0.25, -0.2) is 0 Å². The van der Waals surface area contributed by atoms with Gasteiger partial charge in [-0.2, -0.15) is 0 Å². The van der Waals surface area contributed by atoms with Crippen LogP contribution in [-0.2, 0) is 0 Å². The van der Waals surface area contributed by atoms with E-state index in [0.29, 0.717) is 11.3 Å². The molecule has 0 saturated carbocycles. The Morgan fingerprint density at radius 3 is 2.80 bits per heavy atom. The number of alkyl halides is 1. The maximum absolute atomic E-state index is 12.0. The maximum Gasteiger partial charge on any atom is 0.259 e. The van der Waals surface area contributed by atoms with E-state index in [2.05, 4.69) is 5.16 Å². The molecule has 5 heteroatoms. The van der Waals surface area contributed by atoms with Crippen LogP contribution in [0.1, 0.15) is 29.0 Å². The second-order valence-corrected chi connectivity index (χ2v) is 4.38. The van der Waals surface area contributed by atoms with Crippen LogP contribution in [-0.4, -0.2) is 34.4 Å². The summed E-state index contributed by atoms with van der Waals surface area (Å²) in [5.41, 5.74) is 0.558. The van der Waals surface area contributed by atoms with E-state index < -0.39 is 0 Å². The van der Waals surface area contributed by atoms with Gasteiger partial charge in [0.05, 0.1) is 6.20 Å². The molecule has 1 amide bonds. The highest BCUT2D eigenvalue weighted by atomic mass is 35.5. The SMILES string of the molecule is Cc1oncc1C(=O)N1CCC(Cl)CC1. The maximum atomic E-state index is 12.0. The van der Waals surface area contributed by atoms with E-state index in [0.717, 1.165) is 25.9 Å². The minimum Gasteiger partial charge on any atom is -0.361 e. The van der Waals surface area contributed by atoms with Crippen molar-refractivity contribution in [2.24, 2.45) is 0 Å². The molecule has 2 heterocycles. The highest BCUT2D eigenvalue weighted by molar-refractivity contribution is 6.20. The molecule has 0 radical (unpaired) electrons. The first-order valence-corrected chi connectivity index (χ1v) is 5.46. The lowest BCUT2D eigenvalue weighted by Gasteiger charge is -2.28. The van der Waals surface area contributed by atoms with E-state index in [9.17, 15) is 4.79 Å². The summed E-state index contributed by atoms with van der Waals surface area (Å²) in [5.74, 6) is 0.574. The van der Waals surface area contributed by atoms with Crippen molar-refractivity contribution in [1.29, 1.82) is 0 Å². The molecular formula is C10H13ClN2O2. The number of carbonyl (C=O) groups excluding carboxylic acids is 1. The molecule has 4 nitrogen and oxygen atoms in total. The van der Waals surface area contributed by atoms with Crippen molar-refractivity contribution in [2.75, 3.05) is 13.1 Å². The first-order valence-electron chi connectivity index (χ1n) is 5.03. The minimum absolute atomic E-state index is 0.00248. The van der Waals surface area contributed by atoms with Crippen LogP contribution in [0.15, 0.2) is 10.7 Å². The molecule has 15 heavy (non-hydrogen) atoms. The van der Waals surface area contributed by atoms with Crippen molar-refractivity contribution in [3.63, 3.8) is 0 Å². The molecular weight excluding hydrogens is 216 g/mol. The zero-order chi connectivity index (χ0) is 10.8. The summed E-state index contributed by atoms with van der Waals surface area (Å²) in [6, 6.07) is 0. The second-order valence-electron chi connectivity index (χ2n) is 3.76. The van der Waals surface area contributed by atoms with Crippen molar-refractivity contribution in [3.05, 3.63) is 17.5 Å². The van der Waals surface area contributed by atoms with Crippen molar-refractivity contribution < 1.29 is 9.32 Å². The quantitative estimate of drug-likeness (QED) is 0.689. The third kappa shape index (κ3) is 2.15. The molecule has 0 aromatic carbocycles. The highest BCUT2D eigenvalue weighted by Crippen LogP contribution is 2.18. The molecule has 1 saturated heterocycles. The minimum atomic E-state index is -0.00248. The molecule has 1 aromatic rings. The molecule has 0 spiro atoms. The molecule has 1 aromatic heterocycles. The van der Waals surface area contributed by atoms with E-state index in [-0.39, 0.29) is 11.3 Å². The van der Waals surface area contributed by atoms with E-state index in [1.807, 2.05) is 0 Å². The van der Waals surface area contributed by atoms with Crippen molar-refractivity contribution >= 4 is 17.5 Å². The molecule has 1 fully saturated rings. The zero-order valence-corrected chi connectivity index (χ0v) is 9.33. The van der Waals surface area contributed by atoms with Crippen LogP contribution in [0.3, 0.4) is 0 Å². The summed E-state index contributed by atoms with van der Waals surface area (Å²) in [6.07, 6.45) is 3.19. The Hall–Kier alpha value is -1.03. The number of piperidine rings is 1. The van der Waals surface area contributed by atoms with Gasteiger partial charge in [-0.15, -0.1) is 11.6 Å². The third-order valence-corrected chi connectivity index (χ3v) is 3.13.